The van der Waals surface area contributed by atoms with Crippen molar-refractivity contribution in [3.63, 3.8) is 0 Å². The van der Waals surface area contributed by atoms with Crippen LogP contribution in [-0.4, -0.2) is 47.7 Å². The van der Waals surface area contributed by atoms with Gasteiger partial charge in [-0.15, -0.1) is 0 Å². The predicted octanol–water partition coefficient (Wildman–Crippen LogP) is 5.42. The minimum atomic E-state index is -2.90. The van der Waals surface area contributed by atoms with E-state index in [1.54, 1.807) is 12.1 Å². The zero-order valence-electron chi connectivity index (χ0n) is 15.8. The number of hydrogen-bond acceptors (Lipinski definition) is 3. The Labute approximate surface area is 184 Å². The van der Waals surface area contributed by atoms with Crippen LogP contribution in [-0.2, 0) is 6.54 Å². The number of ether oxygens (including phenoxy) is 1. The second kappa shape index (κ2) is 9.89. The summed E-state index contributed by atoms with van der Waals surface area (Å²) in [5.41, 5.74) is 2.16. The number of benzene rings is 2. The van der Waals surface area contributed by atoms with Gasteiger partial charge in [-0.25, -0.2) is 0 Å². The maximum absolute atomic E-state index is 12.7. The Kier molecular flexibility index (Phi) is 7.51. The summed E-state index contributed by atoms with van der Waals surface area (Å²) < 4.78 is 30.0. The van der Waals surface area contributed by atoms with E-state index in [1.165, 1.54) is 0 Å². The summed E-state index contributed by atoms with van der Waals surface area (Å²) in [6.45, 7) is 2.53. The lowest BCUT2D eigenvalue weighted by atomic mass is 10.2. The first-order valence-electron chi connectivity index (χ1n) is 9.10. The molecule has 2 aromatic carbocycles. The van der Waals surface area contributed by atoms with Gasteiger partial charge >= 0.3 is 6.61 Å². The van der Waals surface area contributed by atoms with E-state index in [0.29, 0.717) is 40.5 Å². The summed E-state index contributed by atoms with van der Waals surface area (Å²) in [5.74, 6) is 0.0781. The molecule has 0 saturated carbocycles. The Morgan fingerprint density at radius 2 is 1.79 bits per heavy atom. The monoisotopic (exact) mass is 459 g/mol. The van der Waals surface area contributed by atoms with Gasteiger partial charge in [-0.3, -0.25) is 4.90 Å². The molecule has 0 aromatic heterocycles. The predicted molar refractivity (Wildman–Crippen MR) is 117 cm³/mol. The lowest BCUT2D eigenvalue weighted by Crippen LogP contribution is -2.49. The van der Waals surface area contributed by atoms with Crippen LogP contribution >= 0.6 is 35.4 Å². The van der Waals surface area contributed by atoms with Crippen LogP contribution < -0.4 is 10.1 Å². The van der Waals surface area contributed by atoms with Gasteiger partial charge in [0.15, 0.2) is 5.11 Å². The molecule has 9 heteroatoms. The molecule has 1 heterocycles. The van der Waals surface area contributed by atoms with Crippen molar-refractivity contribution in [2.45, 2.75) is 20.1 Å². The molecule has 29 heavy (non-hydrogen) atoms. The normalized spacial score (nSPS) is 14.9. The quantitative estimate of drug-likeness (QED) is 0.602. The first kappa shape index (κ1) is 22.0. The molecule has 0 amide bonds. The fourth-order valence-electron chi connectivity index (χ4n) is 3.14. The van der Waals surface area contributed by atoms with Crippen molar-refractivity contribution >= 4 is 46.2 Å². The Hall–Kier alpha value is -1.67. The van der Waals surface area contributed by atoms with Crippen molar-refractivity contribution in [3.8, 4) is 5.75 Å². The fourth-order valence-corrected chi connectivity index (χ4v) is 3.95. The first-order valence-corrected chi connectivity index (χ1v) is 10.3. The van der Waals surface area contributed by atoms with Gasteiger partial charge < -0.3 is 15.0 Å². The van der Waals surface area contributed by atoms with Gasteiger partial charge in [0.1, 0.15) is 5.75 Å². The summed E-state index contributed by atoms with van der Waals surface area (Å²) in [4.78, 5) is 4.26. The maximum atomic E-state index is 12.7. The minimum absolute atomic E-state index is 0.0781. The molecule has 156 valence electrons. The largest absolute Gasteiger partial charge is 0.433 e. The van der Waals surface area contributed by atoms with Crippen LogP contribution in [0.4, 0.5) is 14.5 Å². The number of thiocarbonyl (C=S) groups is 1. The van der Waals surface area contributed by atoms with Crippen LogP contribution in [0.15, 0.2) is 36.4 Å². The molecular formula is C20H21Cl2F2N3OS. The number of alkyl halides is 2. The molecule has 1 fully saturated rings. The van der Waals surface area contributed by atoms with Gasteiger partial charge in [0.2, 0.25) is 0 Å². The third kappa shape index (κ3) is 5.92. The van der Waals surface area contributed by atoms with Crippen LogP contribution in [0.5, 0.6) is 5.75 Å². The average molecular weight is 460 g/mol. The van der Waals surface area contributed by atoms with Crippen molar-refractivity contribution in [3.05, 3.63) is 57.6 Å². The van der Waals surface area contributed by atoms with Gasteiger partial charge in [-0.05, 0) is 49.0 Å². The Bertz CT molecular complexity index is 857. The SMILES string of the molecule is Cc1ccc(NC(=S)N2CCN(Cc3c(Cl)cccc3Cl)CC2)c(OC(F)F)c1. The Morgan fingerprint density at radius 3 is 2.41 bits per heavy atom. The molecule has 1 aliphatic heterocycles. The molecule has 1 aliphatic rings. The van der Waals surface area contributed by atoms with Gasteiger partial charge in [0.05, 0.1) is 5.69 Å². The lowest BCUT2D eigenvalue weighted by Gasteiger charge is -2.36. The molecule has 0 radical (unpaired) electrons. The Balaban J connectivity index is 1.58. The smallest absolute Gasteiger partial charge is 0.387 e. The standard InChI is InChI=1S/C20H21Cl2F2N3OS/c1-13-5-6-17(18(11-13)28-19(23)24)25-20(29)27-9-7-26(8-10-27)12-14-15(21)3-2-4-16(14)22/h2-6,11,19H,7-10,12H2,1H3,(H,25,29). The van der Waals surface area contributed by atoms with E-state index in [-0.39, 0.29) is 5.75 Å². The van der Waals surface area contributed by atoms with Crippen LogP contribution in [0.3, 0.4) is 0 Å². The van der Waals surface area contributed by atoms with Gasteiger partial charge in [0, 0.05) is 48.3 Å². The molecule has 2 aromatic rings. The van der Waals surface area contributed by atoms with E-state index >= 15 is 0 Å². The summed E-state index contributed by atoms with van der Waals surface area (Å²) in [5, 5.41) is 4.82. The number of nitrogens with zero attached hydrogens (tertiary/aromatic N) is 2. The topological polar surface area (TPSA) is 27.7 Å². The number of halogens is 4. The average Bonchev–Trinajstić information content (AvgIpc) is 2.67. The molecule has 3 rings (SSSR count). The van der Waals surface area contributed by atoms with Crippen LogP contribution in [0.2, 0.25) is 10.0 Å². The highest BCUT2D eigenvalue weighted by atomic mass is 35.5. The minimum Gasteiger partial charge on any atom is -0.433 e. The highest BCUT2D eigenvalue weighted by Crippen LogP contribution is 2.28. The number of rotatable bonds is 5. The molecule has 0 bridgehead atoms. The molecule has 1 saturated heterocycles. The molecule has 0 atom stereocenters. The fraction of sp³-hybridized carbons (Fsp3) is 0.350. The third-order valence-corrected chi connectivity index (χ3v) is 5.77. The third-order valence-electron chi connectivity index (χ3n) is 4.70. The van der Waals surface area contributed by atoms with Crippen LogP contribution in [0.25, 0.3) is 0 Å². The van der Waals surface area contributed by atoms with E-state index in [1.807, 2.05) is 36.1 Å². The lowest BCUT2D eigenvalue weighted by molar-refractivity contribution is -0.0493. The highest BCUT2D eigenvalue weighted by Gasteiger charge is 2.21. The van der Waals surface area contributed by atoms with Crippen LogP contribution in [0, 0.1) is 6.92 Å². The van der Waals surface area contributed by atoms with Gasteiger partial charge in [-0.1, -0.05) is 35.3 Å². The van der Waals surface area contributed by atoms with E-state index in [9.17, 15) is 8.78 Å². The molecule has 0 spiro atoms. The molecule has 4 nitrogen and oxygen atoms in total. The van der Waals surface area contributed by atoms with Crippen molar-refractivity contribution in [2.24, 2.45) is 0 Å². The van der Waals surface area contributed by atoms with E-state index < -0.39 is 6.61 Å². The second-order valence-electron chi connectivity index (χ2n) is 6.77. The summed E-state index contributed by atoms with van der Waals surface area (Å²) in [7, 11) is 0. The van der Waals surface area contributed by atoms with Crippen molar-refractivity contribution in [1.82, 2.24) is 9.80 Å². The van der Waals surface area contributed by atoms with E-state index in [4.69, 9.17) is 35.4 Å². The van der Waals surface area contributed by atoms with Gasteiger partial charge in [-0.2, -0.15) is 8.78 Å². The zero-order valence-corrected chi connectivity index (χ0v) is 18.1. The van der Waals surface area contributed by atoms with E-state index in [2.05, 4.69) is 15.0 Å². The number of hydrogen-bond donors (Lipinski definition) is 1. The molecule has 1 N–H and O–H groups in total. The van der Waals surface area contributed by atoms with Crippen molar-refractivity contribution < 1.29 is 13.5 Å². The van der Waals surface area contributed by atoms with Gasteiger partial charge in [0.25, 0.3) is 0 Å². The number of nitrogens with one attached hydrogen (secondary N) is 1. The van der Waals surface area contributed by atoms with E-state index in [0.717, 1.165) is 24.2 Å². The first-order chi connectivity index (χ1) is 13.8. The maximum Gasteiger partial charge on any atom is 0.387 e. The molecule has 0 aliphatic carbocycles. The summed E-state index contributed by atoms with van der Waals surface area (Å²) in [6.07, 6.45) is 0. The number of piperazine rings is 1. The number of anilines is 1. The zero-order chi connectivity index (χ0) is 21.0. The van der Waals surface area contributed by atoms with Crippen molar-refractivity contribution in [2.75, 3.05) is 31.5 Å². The Morgan fingerprint density at radius 1 is 1.14 bits per heavy atom. The molecule has 0 unspecified atom stereocenters. The number of aryl methyl sites for hydroxylation is 1. The summed E-state index contributed by atoms with van der Waals surface area (Å²) >= 11 is 18.0. The highest BCUT2D eigenvalue weighted by molar-refractivity contribution is 7.80. The summed E-state index contributed by atoms with van der Waals surface area (Å²) in [6, 6.07) is 10.6. The second-order valence-corrected chi connectivity index (χ2v) is 7.97. The molecular weight excluding hydrogens is 439 g/mol. The van der Waals surface area contributed by atoms with Crippen molar-refractivity contribution in [1.29, 1.82) is 0 Å². The van der Waals surface area contributed by atoms with Crippen LogP contribution in [0.1, 0.15) is 11.1 Å².